The summed E-state index contributed by atoms with van der Waals surface area (Å²) in [6, 6.07) is 6.88. The second-order valence-corrected chi connectivity index (χ2v) is 4.46. The number of aromatic hydroxyl groups is 1. The molecule has 0 unspecified atom stereocenters. The molecule has 0 amide bonds. The fourth-order valence-corrected chi connectivity index (χ4v) is 2.05. The van der Waals surface area contributed by atoms with E-state index in [1.54, 1.807) is 18.3 Å². The Bertz CT molecular complexity index is 840. The van der Waals surface area contributed by atoms with Crippen LogP contribution < -0.4 is 0 Å². The molecule has 0 fully saturated rings. The van der Waals surface area contributed by atoms with Crippen LogP contribution in [0.25, 0.3) is 10.9 Å². The van der Waals surface area contributed by atoms with E-state index in [2.05, 4.69) is 20.2 Å². The lowest BCUT2D eigenvalue weighted by molar-refractivity contribution is -0.136. The van der Waals surface area contributed by atoms with Crippen molar-refractivity contribution in [1.29, 1.82) is 0 Å². The molecule has 0 aliphatic rings. The molecule has 22 heavy (non-hydrogen) atoms. The Morgan fingerprint density at radius 3 is 2.59 bits per heavy atom. The first-order chi connectivity index (χ1) is 10.5. The number of H-pyrrole nitrogens is 1. The molecule has 0 aliphatic heterocycles. The summed E-state index contributed by atoms with van der Waals surface area (Å²) in [6.07, 6.45) is -1.54. The first kappa shape index (κ1) is 14.1. The molecular formula is C14H9F3N4O. The average Bonchev–Trinajstić information content (AvgIpc) is 2.80. The van der Waals surface area contributed by atoms with Crippen molar-refractivity contribution in [3.63, 3.8) is 0 Å². The van der Waals surface area contributed by atoms with Crippen molar-refractivity contribution in [3.8, 4) is 5.88 Å². The summed E-state index contributed by atoms with van der Waals surface area (Å²) in [5.74, 6) is -0.473. The van der Waals surface area contributed by atoms with Crippen LogP contribution in [-0.4, -0.2) is 15.1 Å². The van der Waals surface area contributed by atoms with Gasteiger partial charge < -0.3 is 10.1 Å². The van der Waals surface area contributed by atoms with Crippen LogP contribution in [-0.2, 0) is 6.18 Å². The number of azo groups is 1. The second-order valence-electron chi connectivity index (χ2n) is 4.46. The fourth-order valence-electron chi connectivity index (χ4n) is 2.05. The lowest BCUT2D eigenvalue weighted by Gasteiger charge is -2.06. The van der Waals surface area contributed by atoms with E-state index in [1.807, 2.05) is 0 Å². The van der Waals surface area contributed by atoms with E-state index >= 15 is 0 Å². The molecule has 2 aromatic heterocycles. The summed E-state index contributed by atoms with van der Waals surface area (Å²) in [5, 5.41) is 17.6. The molecule has 0 atom stereocenters. The van der Waals surface area contributed by atoms with Gasteiger partial charge in [0.15, 0.2) is 5.69 Å². The number of halogens is 3. The third kappa shape index (κ3) is 2.50. The molecule has 112 valence electrons. The molecule has 0 spiro atoms. The number of alkyl halides is 3. The number of nitrogens with one attached hydrogen (secondary N) is 1. The SMILES string of the molecule is Oc1[nH]c2c(C(F)(F)F)cccc2c1N=Nc1cccnc1. The average molecular weight is 306 g/mol. The van der Waals surface area contributed by atoms with Gasteiger partial charge in [0, 0.05) is 11.6 Å². The van der Waals surface area contributed by atoms with Crippen molar-refractivity contribution in [3.05, 3.63) is 48.3 Å². The summed E-state index contributed by atoms with van der Waals surface area (Å²) in [5.41, 5.74) is -0.732. The van der Waals surface area contributed by atoms with Gasteiger partial charge in [-0.3, -0.25) is 4.98 Å². The molecule has 2 heterocycles. The van der Waals surface area contributed by atoms with Crippen molar-refractivity contribution in [1.82, 2.24) is 9.97 Å². The van der Waals surface area contributed by atoms with Gasteiger partial charge in [0.1, 0.15) is 5.69 Å². The van der Waals surface area contributed by atoms with Gasteiger partial charge in [0.05, 0.1) is 17.3 Å². The van der Waals surface area contributed by atoms with Crippen LogP contribution in [0.2, 0.25) is 0 Å². The maximum atomic E-state index is 12.9. The minimum Gasteiger partial charge on any atom is -0.493 e. The summed E-state index contributed by atoms with van der Waals surface area (Å²) in [6.45, 7) is 0. The number of hydrogen-bond acceptors (Lipinski definition) is 4. The maximum Gasteiger partial charge on any atom is 0.418 e. The summed E-state index contributed by atoms with van der Waals surface area (Å²) >= 11 is 0. The van der Waals surface area contributed by atoms with Crippen molar-refractivity contribution in [2.24, 2.45) is 10.2 Å². The number of aromatic nitrogens is 2. The van der Waals surface area contributed by atoms with E-state index in [9.17, 15) is 18.3 Å². The van der Waals surface area contributed by atoms with Crippen LogP contribution in [0.5, 0.6) is 5.88 Å². The molecule has 0 bridgehead atoms. The maximum absolute atomic E-state index is 12.9. The summed E-state index contributed by atoms with van der Waals surface area (Å²) < 4.78 is 38.8. The van der Waals surface area contributed by atoms with Gasteiger partial charge in [-0.2, -0.15) is 13.2 Å². The molecule has 2 N–H and O–H groups in total. The molecule has 3 rings (SSSR count). The van der Waals surface area contributed by atoms with Crippen LogP contribution >= 0.6 is 0 Å². The Balaban J connectivity index is 2.12. The monoisotopic (exact) mass is 306 g/mol. The van der Waals surface area contributed by atoms with Gasteiger partial charge in [-0.15, -0.1) is 10.2 Å². The summed E-state index contributed by atoms with van der Waals surface area (Å²) in [4.78, 5) is 6.15. The molecule has 0 radical (unpaired) electrons. The zero-order valence-corrected chi connectivity index (χ0v) is 11.0. The Morgan fingerprint density at radius 2 is 1.91 bits per heavy atom. The third-order valence-electron chi connectivity index (χ3n) is 3.00. The molecule has 1 aromatic carbocycles. The van der Waals surface area contributed by atoms with Crippen LogP contribution in [0.3, 0.4) is 0 Å². The van der Waals surface area contributed by atoms with Gasteiger partial charge in [0.25, 0.3) is 0 Å². The number of fused-ring (bicyclic) bond motifs is 1. The number of pyridine rings is 1. The molecular weight excluding hydrogens is 297 g/mol. The van der Waals surface area contributed by atoms with Crippen molar-refractivity contribution < 1.29 is 18.3 Å². The van der Waals surface area contributed by atoms with E-state index in [0.717, 1.165) is 6.07 Å². The molecule has 5 nitrogen and oxygen atoms in total. The van der Waals surface area contributed by atoms with Gasteiger partial charge in [-0.1, -0.05) is 12.1 Å². The normalized spacial score (nSPS) is 12.3. The number of benzene rings is 1. The lowest BCUT2D eigenvalue weighted by atomic mass is 10.1. The number of hydrogen-bond donors (Lipinski definition) is 2. The highest BCUT2D eigenvalue weighted by molar-refractivity contribution is 5.96. The smallest absolute Gasteiger partial charge is 0.418 e. The molecule has 3 aromatic rings. The largest absolute Gasteiger partial charge is 0.493 e. The van der Waals surface area contributed by atoms with Gasteiger partial charge in [0.2, 0.25) is 5.88 Å². The number of nitrogens with zero attached hydrogens (tertiary/aromatic N) is 3. The zero-order chi connectivity index (χ0) is 15.7. The minimum absolute atomic E-state index is 0.0510. The Kier molecular flexibility index (Phi) is 3.28. The lowest BCUT2D eigenvalue weighted by Crippen LogP contribution is -2.05. The highest BCUT2D eigenvalue weighted by atomic mass is 19.4. The predicted molar refractivity (Wildman–Crippen MR) is 73.4 cm³/mol. The number of aromatic amines is 1. The summed E-state index contributed by atoms with van der Waals surface area (Å²) in [7, 11) is 0. The fraction of sp³-hybridized carbons (Fsp3) is 0.0714. The first-order valence-electron chi connectivity index (χ1n) is 6.19. The first-order valence-corrected chi connectivity index (χ1v) is 6.19. The van der Waals surface area contributed by atoms with Crippen molar-refractivity contribution in [2.75, 3.05) is 0 Å². The highest BCUT2D eigenvalue weighted by Crippen LogP contribution is 2.41. The van der Waals surface area contributed by atoms with E-state index in [1.165, 1.54) is 18.3 Å². The van der Waals surface area contributed by atoms with E-state index in [4.69, 9.17) is 0 Å². The standard InChI is InChI=1S/C14H9F3N4O/c15-14(16,17)10-5-1-4-9-11(10)19-13(22)12(9)21-20-8-3-2-6-18-7-8/h1-7,19,22H. The van der Waals surface area contributed by atoms with Crippen molar-refractivity contribution in [2.45, 2.75) is 6.18 Å². The third-order valence-corrected chi connectivity index (χ3v) is 3.00. The zero-order valence-electron chi connectivity index (χ0n) is 11.0. The van der Waals surface area contributed by atoms with Crippen LogP contribution in [0, 0.1) is 0 Å². The second kappa shape index (κ2) is 5.14. The predicted octanol–water partition coefficient (Wildman–Crippen LogP) is 4.70. The van der Waals surface area contributed by atoms with Crippen LogP contribution in [0.15, 0.2) is 53.0 Å². The van der Waals surface area contributed by atoms with Gasteiger partial charge >= 0.3 is 6.18 Å². The minimum atomic E-state index is -4.53. The van der Waals surface area contributed by atoms with Crippen molar-refractivity contribution >= 4 is 22.3 Å². The number of para-hydroxylation sites is 1. The topological polar surface area (TPSA) is 73.6 Å². The molecule has 8 heteroatoms. The van der Waals surface area contributed by atoms with Crippen LogP contribution in [0.4, 0.5) is 24.5 Å². The van der Waals surface area contributed by atoms with Gasteiger partial charge in [-0.05, 0) is 18.2 Å². The Hall–Kier alpha value is -2.90. The molecule has 0 saturated heterocycles. The number of rotatable bonds is 2. The van der Waals surface area contributed by atoms with Gasteiger partial charge in [-0.25, -0.2) is 0 Å². The molecule has 0 aliphatic carbocycles. The Morgan fingerprint density at radius 1 is 1.09 bits per heavy atom. The Labute approximate surface area is 122 Å². The molecule has 0 saturated carbocycles. The van der Waals surface area contributed by atoms with E-state index in [0.29, 0.717) is 5.69 Å². The van der Waals surface area contributed by atoms with E-state index < -0.39 is 17.6 Å². The quantitative estimate of drug-likeness (QED) is 0.673. The van der Waals surface area contributed by atoms with E-state index in [-0.39, 0.29) is 16.6 Å². The van der Waals surface area contributed by atoms with Crippen LogP contribution in [0.1, 0.15) is 5.56 Å². The highest BCUT2D eigenvalue weighted by Gasteiger charge is 2.34.